The Balaban J connectivity index is 2.06. The van der Waals surface area contributed by atoms with E-state index in [-0.39, 0.29) is 12.6 Å². The Kier molecular flexibility index (Phi) is 3.39. The molecule has 0 aromatic heterocycles. The molecule has 0 saturated heterocycles. The molecule has 1 aromatic carbocycles. The Labute approximate surface area is 91.3 Å². The summed E-state index contributed by atoms with van der Waals surface area (Å²) in [5, 5.41) is 12.6. The summed E-state index contributed by atoms with van der Waals surface area (Å²) in [6.07, 6.45) is 2.62. The lowest BCUT2D eigenvalue weighted by molar-refractivity contribution is 0.236. The van der Waals surface area contributed by atoms with Gasteiger partial charge in [0.1, 0.15) is 0 Å². The normalized spacial score (nSPS) is 19.9. The number of aliphatic hydroxyl groups excluding tert-OH is 1. The number of rotatable bonds is 5. The Morgan fingerprint density at radius 1 is 1.33 bits per heavy atom. The molecule has 0 heterocycles. The monoisotopic (exact) mass is 205 g/mol. The molecule has 0 aliphatic heterocycles. The summed E-state index contributed by atoms with van der Waals surface area (Å²) in [6.45, 7) is 2.23. The molecule has 82 valence electrons. The van der Waals surface area contributed by atoms with Crippen molar-refractivity contribution in [1.82, 2.24) is 5.32 Å². The van der Waals surface area contributed by atoms with Crippen molar-refractivity contribution >= 4 is 0 Å². The first kappa shape index (κ1) is 10.7. The first-order valence-corrected chi connectivity index (χ1v) is 5.73. The van der Waals surface area contributed by atoms with E-state index < -0.39 is 0 Å². The quantitative estimate of drug-likeness (QED) is 0.771. The van der Waals surface area contributed by atoms with Crippen LogP contribution in [0.5, 0.6) is 0 Å². The zero-order valence-corrected chi connectivity index (χ0v) is 9.19. The van der Waals surface area contributed by atoms with Crippen LogP contribution in [0.4, 0.5) is 0 Å². The van der Waals surface area contributed by atoms with Crippen LogP contribution in [0.3, 0.4) is 0 Å². The van der Waals surface area contributed by atoms with Crippen LogP contribution in [0.15, 0.2) is 30.3 Å². The topological polar surface area (TPSA) is 32.3 Å². The van der Waals surface area contributed by atoms with E-state index in [0.717, 1.165) is 5.92 Å². The predicted molar refractivity (Wildman–Crippen MR) is 61.6 cm³/mol. The van der Waals surface area contributed by atoms with Crippen LogP contribution in [-0.2, 0) is 0 Å². The average molecular weight is 205 g/mol. The lowest BCUT2D eigenvalue weighted by Crippen LogP contribution is -2.34. The molecule has 1 fully saturated rings. The maximum absolute atomic E-state index is 9.07. The summed E-state index contributed by atoms with van der Waals surface area (Å²) in [5.41, 5.74) is 1.35. The van der Waals surface area contributed by atoms with Gasteiger partial charge in [-0.3, -0.25) is 0 Å². The van der Waals surface area contributed by atoms with Gasteiger partial charge in [-0.05, 0) is 31.2 Å². The number of aliphatic hydroxyl groups is 1. The smallest absolute Gasteiger partial charge is 0.0582 e. The molecule has 15 heavy (non-hydrogen) atoms. The second kappa shape index (κ2) is 4.77. The second-order valence-corrected chi connectivity index (χ2v) is 4.48. The van der Waals surface area contributed by atoms with Crippen molar-refractivity contribution in [3.05, 3.63) is 35.9 Å². The minimum absolute atomic E-state index is 0.177. The van der Waals surface area contributed by atoms with E-state index in [4.69, 9.17) is 5.11 Å². The maximum Gasteiger partial charge on any atom is 0.0582 e. The molecule has 1 aliphatic carbocycles. The van der Waals surface area contributed by atoms with Gasteiger partial charge in [-0.25, -0.2) is 0 Å². The molecule has 2 atom stereocenters. The summed E-state index contributed by atoms with van der Waals surface area (Å²) in [6, 6.07) is 11.1. The van der Waals surface area contributed by atoms with Gasteiger partial charge in [-0.2, -0.15) is 0 Å². The molecule has 0 bridgehead atoms. The summed E-state index contributed by atoms with van der Waals surface area (Å²) in [5.74, 6) is 0.765. The molecule has 1 aliphatic rings. The van der Waals surface area contributed by atoms with Crippen molar-refractivity contribution in [2.45, 2.75) is 31.8 Å². The highest BCUT2D eigenvalue weighted by Crippen LogP contribution is 2.41. The largest absolute Gasteiger partial charge is 0.395 e. The standard InChI is InChI=1S/C13H19NO/c1-10(9-15)14-13(12-7-8-12)11-5-3-2-4-6-11/h2-6,10,12-15H,7-9H2,1H3/t10-,13+/m1/s1. The molecule has 2 nitrogen and oxygen atoms in total. The second-order valence-electron chi connectivity index (χ2n) is 4.48. The maximum atomic E-state index is 9.07. The third kappa shape index (κ3) is 2.80. The molecule has 1 saturated carbocycles. The van der Waals surface area contributed by atoms with E-state index >= 15 is 0 Å². The van der Waals surface area contributed by atoms with Crippen LogP contribution in [0.1, 0.15) is 31.4 Å². The third-order valence-corrected chi connectivity index (χ3v) is 2.99. The van der Waals surface area contributed by atoms with Crippen molar-refractivity contribution in [1.29, 1.82) is 0 Å². The SMILES string of the molecule is C[C@H](CO)N[C@@H](c1ccccc1)C1CC1. The Bertz CT molecular complexity index is 295. The number of nitrogens with one attached hydrogen (secondary N) is 1. The van der Waals surface area contributed by atoms with Gasteiger partial charge in [-0.1, -0.05) is 30.3 Å². The summed E-state index contributed by atoms with van der Waals surface area (Å²) < 4.78 is 0. The molecule has 0 unspecified atom stereocenters. The minimum atomic E-state index is 0.177. The minimum Gasteiger partial charge on any atom is -0.395 e. The predicted octanol–water partition coefficient (Wildman–Crippen LogP) is 2.11. The third-order valence-electron chi connectivity index (χ3n) is 2.99. The number of benzene rings is 1. The molecular weight excluding hydrogens is 186 g/mol. The fourth-order valence-electron chi connectivity index (χ4n) is 1.95. The van der Waals surface area contributed by atoms with E-state index in [1.54, 1.807) is 0 Å². The van der Waals surface area contributed by atoms with Gasteiger partial charge in [-0.15, -0.1) is 0 Å². The lowest BCUT2D eigenvalue weighted by Gasteiger charge is -2.22. The van der Waals surface area contributed by atoms with E-state index in [2.05, 4.69) is 29.6 Å². The zero-order chi connectivity index (χ0) is 10.7. The van der Waals surface area contributed by atoms with Crippen LogP contribution in [0, 0.1) is 5.92 Å². The highest BCUT2D eigenvalue weighted by atomic mass is 16.3. The molecular formula is C13H19NO. The van der Waals surface area contributed by atoms with Gasteiger partial charge in [0, 0.05) is 12.1 Å². The average Bonchev–Trinajstić information content (AvgIpc) is 3.10. The van der Waals surface area contributed by atoms with E-state index in [9.17, 15) is 0 Å². The first-order chi connectivity index (χ1) is 7.31. The molecule has 0 spiro atoms. The Morgan fingerprint density at radius 2 is 2.00 bits per heavy atom. The molecule has 0 amide bonds. The van der Waals surface area contributed by atoms with Gasteiger partial charge in [0.25, 0.3) is 0 Å². The number of hydrogen-bond acceptors (Lipinski definition) is 2. The zero-order valence-electron chi connectivity index (χ0n) is 9.19. The van der Waals surface area contributed by atoms with Gasteiger partial charge >= 0.3 is 0 Å². The van der Waals surface area contributed by atoms with Gasteiger partial charge < -0.3 is 10.4 Å². The lowest BCUT2D eigenvalue weighted by atomic mass is 10.0. The van der Waals surface area contributed by atoms with Crippen LogP contribution in [0.2, 0.25) is 0 Å². The molecule has 0 radical (unpaired) electrons. The van der Waals surface area contributed by atoms with E-state index in [0.29, 0.717) is 6.04 Å². The highest BCUT2D eigenvalue weighted by molar-refractivity contribution is 5.21. The van der Waals surface area contributed by atoms with Gasteiger partial charge in [0.2, 0.25) is 0 Å². The van der Waals surface area contributed by atoms with Crippen LogP contribution in [0.25, 0.3) is 0 Å². The van der Waals surface area contributed by atoms with Crippen molar-refractivity contribution in [3.63, 3.8) is 0 Å². The summed E-state index contributed by atoms with van der Waals surface area (Å²) in [7, 11) is 0. The van der Waals surface area contributed by atoms with Gasteiger partial charge in [0.15, 0.2) is 0 Å². The molecule has 1 aromatic rings. The fraction of sp³-hybridized carbons (Fsp3) is 0.538. The fourth-order valence-corrected chi connectivity index (χ4v) is 1.95. The Morgan fingerprint density at radius 3 is 2.53 bits per heavy atom. The van der Waals surface area contributed by atoms with Gasteiger partial charge in [0.05, 0.1) is 6.61 Å². The Hall–Kier alpha value is -0.860. The van der Waals surface area contributed by atoms with Crippen molar-refractivity contribution in [3.8, 4) is 0 Å². The highest BCUT2D eigenvalue weighted by Gasteiger charge is 2.32. The first-order valence-electron chi connectivity index (χ1n) is 5.73. The van der Waals surface area contributed by atoms with Crippen molar-refractivity contribution in [2.75, 3.05) is 6.61 Å². The molecule has 2 heteroatoms. The summed E-state index contributed by atoms with van der Waals surface area (Å²) in [4.78, 5) is 0. The van der Waals surface area contributed by atoms with E-state index in [1.165, 1.54) is 18.4 Å². The van der Waals surface area contributed by atoms with Crippen LogP contribution >= 0.6 is 0 Å². The van der Waals surface area contributed by atoms with Crippen LogP contribution < -0.4 is 5.32 Å². The number of hydrogen-bond donors (Lipinski definition) is 2. The summed E-state index contributed by atoms with van der Waals surface area (Å²) >= 11 is 0. The van der Waals surface area contributed by atoms with Crippen molar-refractivity contribution < 1.29 is 5.11 Å². The molecule has 2 N–H and O–H groups in total. The van der Waals surface area contributed by atoms with Crippen molar-refractivity contribution in [2.24, 2.45) is 5.92 Å². The van der Waals surface area contributed by atoms with E-state index in [1.807, 2.05) is 13.0 Å². The van der Waals surface area contributed by atoms with Crippen LogP contribution in [-0.4, -0.2) is 17.8 Å². The molecule has 2 rings (SSSR count).